The molecule has 0 fully saturated rings. The molecule has 0 bridgehead atoms. The van der Waals surface area contributed by atoms with E-state index >= 15 is 0 Å². The molecule has 2 rings (SSSR count). The number of nitro groups is 1. The number of sulfonamides is 1. The van der Waals surface area contributed by atoms with E-state index in [4.69, 9.17) is 17.3 Å². The van der Waals surface area contributed by atoms with Gasteiger partial charge in [-0.25, -0.2) is 12.8 Å². The van der Waals surface area contributed by atoms with Crippen LogP contribution in [0.5, 0.6) is 0 Å². The maximum absolute atomic E-state index is 13.7. The van der Waals surface area contributed by atoms with Gasteiger partial charge in [-0.05, 0) is 43.7 Å². The van der Waals surface area contributed by atoms with Crippen LogP contribution in [0.3, 0.4) is 0 Å². The Morgan fingerprint density at radius 2 is 1.81 bits per heavy atom. The van der Waals surface area contributed by atoms with Crippen molar-refractivity contribution in [1.29, 1.82) is 0 Å². The molecule has 7 nitrogen and oxygen atoms in total. The third kappa shape index (κ3) is 4.81. The summed E-state index contributed by atoms with van der Waals surface area (Å²) >= 11 is 5.66. The second-order valence-electron chi connectivity index (χ2n) is 6.20. The molecule has 0 aliphatic carbocycles. The highest BCUT2D eigenvalue weighted by Gasteiger charge is 2.29. The van der Waals surface area contributed by atoms with Gasteiger partial charge in [0, 0.05) is 30.8 Å². The van der Waals surface area contributed by atoms with E-state index in [2.05, 4.69) is 0 Å². The third-order valence-electron chi connectivity index (χ3n) is 3.98. The van der Waals surface area contributed by atoms with Crippen LogP contribution in [0.25, 0.3) is 0 Å². The molecule has 2 N–H and O–H groups in total. The fourth-order valence-electron chi connectivity index (χ4n) is 2.50. The minimum absolute atomic E-state index is 0.0508. The summed E-state index contributed by atoms with van der Waals surface area (Å²) in [6.45, 7) is 3.26. The molecule has 27 heavy (non-hydrogen) atoms. The molecule has 0 spiro atoms. The maximum Gasteiger partial charge on any atom is 0.269 e. The molecule has 1 atom stereocenters. The van der Waals surface area contributed by atoms with Gasteiger partial charge >= 0.3 is 0 Å². The van der Waals surface area contributed by atoms with Crippen LogP contribution >= 0.6 is 11.6 Å². The van der Waals surface area contributed by atoms with Gasteiger partial charge < -0.3 is 5.73 Å². The lowest BCUT2D eigenvalue weighted by Gasteiger charge is -2.28. The normalized spacial score (nSPS) is 13.1. The Bertz CT molecular complexity index is 936. The Morgan fingerprint density at radius 3 is 2.30 bits per heavy atom. The van der Waals surface area contributed by atoms with Crippen molar-refractivity contribution in [1.82, 2.24) is 4.31 Å². The topological polar surface area (TPSA) is 107 Å². The van der Waals surface area contributed by atoms with Gasteiger partial charge in [-0.2, -0.15) is 4.31 Å². The average Bonchev–Trinajstić information content (AvgIpc) is 2.61. The zero-order chi connectivity index (χ0) is 20.4. The predicted molar refractivity (Wildman–Crippen MR) is 100 cm³/mol. The van der Waals surface area contributed by atoms with Crippen LogP contribution in [-0.4, -0.2) is 30.2 Å². The van der Waals surface area contributed by atoms with Crippen molar-refractivity contribution < 1.29 is 17.7 Å². The molecule has 2 aromatic rings. The quantitative estimate of drug-likeness (QED) is 0.550. The fourth-order valence-corrected chi connectivity index (χ4v) is 4.28. The lowest BCUT2D eigenvalue weighted by Crippen LogP contribution is -2.41. The Hall–Kier alpha value is -2.07. The van der Waals surface area contributed by atoms with Crippen LogP contribution < -0.4 is 5.73 Å². The summed E-state index contributed by atoms with van der Waals surface area (Å²) in [6, 6.07) is 7.44. The number of nitrogens with zero attached hydrogens (tertiary/aromatic N) is 2. The van der Waals surface area contributed by atoms with Gasteiger partial charge in [0.2, 0.25) is 10.0 Å². The number of benzene rings is 2. The van der Waals surface area contributed by atoms with Crippen molar-refractivity contribution in [2.45, 2.75) is 30.8 Å². The van der Waals surface area contributed by atoms with Gasteiger partial charge in [0.15, 0.2) is 0 Å². The van der Waals surface area contributed by atoms with E-state index in [9.17, 15) is 22.9 Å². The minimum Gasteiger partial charge on any atom is -0.323 e. The molecule has 0 radical (unpaired) electrons. The van der Waals surface area contributed by atoms with E-state index in [0.717, 1.165) is 12.1 Å². The summed E-state index contributed by atoms with van der Waals surface area (Å²) in [7, 11) is -3.95. The highest BCUT2D eigenvalue weighted by atomic mass is 35.5. The smallest absolute Gasteiger partial charge is 0.269 e. The first-order chi connectivity index (χ1) is 12.5. The van der Waals surface area contributed by atoms with Crippen molar-refractivity contribution in [2.24, 2.45) is 5.73 Å². The van der Waals surface area contributed by atoms with Gasteiger partial charge in [0.1, 0.15) is 5.82 Å². The molecule has 0 unspecified atom stereocenters. The fraction of sp³-hybridized carbons (Fsp3) is 0.294. The van der Waals surface area contributed by atoms with Gasteiger partial charge in [-0.1, -0.05) is 17.7 Å². The molecule has 146 valence electrons. The lowest BCUT2D eigenvalue weighted by molar-refractivity contribution is -0.384. The van der Waals surface area contributed by atoms with E-state index < -0.39 is 32.8 Å². The van der Waals surface area contributed by atoms with Crippen molar-refractivity contribution in [3.05, 3.63) is 69.0 Å². The molecule has 10 heteroatoms. The van der Waals surface area contributed by atoms with E-state index in [-0.39, 0.29) is 22.2 Å². The first-order valence-electron chi connectivity index (χ1n) is 8.01. The molecular formula is C17H19ClFN3O4S. The largest absolute Gasteiger partial charge is 0.323 e. The van der Waals surface area contributed by atoms with Crippen LogP contribution in [-0.2, 0) is 10.0 Å². The van der Waals surface area contributed by atoms with E-state index in [1.807, 2.05) is 0 Å². The van der Waals surface area contributed by atoms with Crippen molar-refractivity contribution in [3.8, 4) is 0 Å². The highest BCUT2D eigenvalue weighted by Crippen LogP contribution is 2.25. The first-order valence-corrected chi connectivity index (χ1v) is 9.82. The van der Waals surface area contributed by atoms with Crippen LogP contribution in [0, 0.1) is 15.9 Å². The number of nitro benzene ring substituents is 1. The van der Waals surface area contributed by atoms with Crippen molar-refractivity contribution in [3.63, 3.8) is 0 Å². The van der Waals surface area contributed by atoms with Gasteiger partial charge in [0.05, 0.1) is 14.8 Å². The van der Waals surface area contributed by atoms with E-state index in [1.54, 1.807) is 13.8 Å². The van der Waals surface area contributed by atoms with E-state index in [0.29, 0.717) is 5.56 Å². The number of hydrogen-bond acceptors (Lipinski definition) is 5. The second-order valence-corrected chi connectivity index (χ2v) is 8.50. The standard InChI is InChI=1S/C17H19ClFN3O4S/c1-11(2)21(10-17(20)12-3-8-15(18)16(19)9-12)27(25,26)14-6-4-13(5-7-14)22(23)24/h3-9,11,17H,10,20H2,1-2H3/t17-/m0/s1. The lowest BCUT2D eigenvalue weighted by atomic mass is 10.1. The van der Waals surface area contributed by atoms with Crippen molar-refractivity contribution >= 4 is 27.3 Å². The first kappa shape index (κ1) is 21.2. The molecule has 0 aliphatic heterocycles. The average molecular weight is 416 g/mol. The number of halogens is 2. The second kappa shape index (κ2) is 8.30. The summed E-state index contributed by atoms with van der Waals surface area (Å²) in [5.74, 6) is -0.640. The highest BCUT2D eigenvalue weighted by molar-refractivity contribution is 7.89. The summed E-state index contributed by atoms with van der Waals surface area (Å²) in [4.78, 5) is 10.1. The molecule has 0 saturated carbocycles. The third-order valence-corrected chi connectivity index (χ3v) is 6.34. The summed E-state index contributed by atoms with van der Waals surface area (Å²) in [5, 5.41) is 10.7. The Labute approximate surface area is 161 Å². The van der Waals surface area contributed by atoms with Crippen LogP contribution in [0.1, 0.15) is 25.5 Å². The van der Waals surface area contributed by atoms with Gasteiger partial charge in [0.25, 0.3) is 5.69 Å². The number of hydrogen-bond donors (Lipinski definition) is 1. The predicted octanol–water partition coefficient (Wildman–Crippen LogP) is 3.49. The maximum atomic E-state index is 13.7. The molecule has 2 aromatic carbocycles. The summed E-state index contributed by atoms with van der Waals surface area (Å²) < 4.78 is 40.7. The monoisotopic (exact) mass is 415 g/mol. The molecule has 0 aliphatic rings. The zero-order valence-electron chi connectivity index (χ0n) is 14.7. The van der Waals surface area contributed by atoms with Crippen LogP contribution in [0.4, 0.5) is 10.1 Å². The molecule has 0 amide bonds. The number of nitrogens with two attached hydrogens (primary N) is 1. The Kier molecular flexibility index (Phi) is 6.53. The summed E-state index contributed by atoms with van der Waals surface area (Å²) in [5.41, 5.74) is 6.28. The van der Waals surface area contributed by atoms with Gasteiger partial charge in [-0.15, -0.1) is 0 Å². The molecule has 0 saturated heterocycles. The van der Waals surface area contributed by atoms with E-state index in [1.165, 1.54) is 34.6 Å². The number of rotatable bonds is 7. The SMILES string of the molecule is CC(C)N(C[C@H](N)c1ccc(Cl)c(F)c1)S(=O)(=O)c1ccc([N+](=O)[O-])cc1. The van der Waals surface area contributed by atoms with Crippen LogP contribution in [0.2, 0.25) is 5.02 Å². The minimum atomic E-state index is -3.95. The van der Waals surface area contributed by atoms with Crippen LogP contribution in [0.15, 0.2) is 47.4 Å². The Morgan fingerprint density at radius 1 is 1.22 bits per heavy atom. The molecule has 0 heterocycles. The Balaban J connectivity index is 2.32. The number of non-ortho nitro benzene ring substituents is 1. The molecule has 0 aromatic heterocycles. The van der Waals surface area contributed by atoms with Gasteiger partial charge in [-0.3, -0.25) is 10.1 Å². The van der Waals surface area contributed by atoms with Crippen molar-refractivity contribution in [2.75, 3.05) is 6.54 Å². The zero-order valence-corrected chi connectivity index (χ0v) is 16.2. The summed E-state index contributed by atoms with van der Waals surface area (Å²) in [6.07, 6.45) is 0. The molecular weight excluding hydrogens is 397 g/mol.